The number of nitrogens with zero attached hydrogens (tertiary/aromatic N) is 3. The minimum Gasteiger partial charge on any atom is -0.494 e. The maximum absolute atomic E-state index is 8.34. The number of rotatable bonds is 6. The second-order valence-corrected chi connectivity index (χ2v) is 4.35. The van der Waals surface area contributed by atoms with Gasteiger partial charge in [0.2, 0.25) is 0 Å². The Balaban J connectivity index is 2.31. The molecule has 0 aliphatic carbocycles. The highest BCUT2D eigenvalue weighted by atomic mass is 16.5. The molecule has 0 saturated heterocycles. The topological polar surface area (TPSA) is 58.0 Å². The summed E-state index contributed by atoms with van der Waals surface area (Å²) in [6.45, 7) is 3.30. The first kappa shape index (κ1) is 13.2. The third-order valence-corrected chi connectivity index (χ3v) is 2.96. The van der Waals surface area contributed by atoms with Crippen LogP contribution in [0.25, 0.3) is 21.2 Å². The van der Waals surface area contributed by atoms with Gasteiger partial charge in [0.25, 0.3) is 0 Å². The number of azide groups is 1. The van der Waals surface area contributed by atoms with Gasteiger partial charge in [0.05, 0.1) is 6.61 Å². The summed E-state index contributed by atoms with van der Waals surface area (Å²) in [4.78, 5) is 2.79. The summed E-state index contributed by atoms with van der Waals surface area (Å²) in [6.07, 6.45) is 1.75. The van der Waals surface area contributed by atoms with E-state index >= 15 is 0 Å². The number of hydrogen-bond donors (Lipinski definition) is 0. The summed E-state index contributed by atoms with van der Waals surface area (Å²) >= 11 is 0. The number of hydrogen-bond acceptors (Lipinski definition) is 2. The third-order valence-electron chi connectivity index (χ3n) is 2.96. The molecule has 0 N–H and O–H groups in total. The van der Waals surface area contributed by atoms with Gasteiger partial charge in [-0.2, -0.15) is 0 Å². The van der Waals surface area contributed by atoms with Crippen molar-refractivity contribution in [1.29, 1.82) is 0 Å². The average molecular weight is 255 g/mol. The third kappa shape index (κ3) is 3.39. The molecule has 2 aromatic rings. The first-order valence-corrected chi connectivity index (χ1v) is 6.50. The normalized spacial score (nSPS) is 10.2. The van der Waals surface area contributed by atoms with Crippen LogP contribution in [0.1, 0.15) is 18.9 Å². The molecular weight excluding hydrogens is 238 g/mol. The van der Waals surface area contributed by atoms with Crippen molar-refractivity contribution in [1.82, 2.24) is 0 Å². The Morgan fingerprint density at radius 3 is 2.95 bits per heavy atom. The predicted molar refractivity (Wildman–Crippen MR) is 77.5 cm³/mol. The molecule has 0 fully saturated rings. The molecule has 0 unspecified atom stereocenters. The van der Waals surface area contributed by atoms with Gasteiger partial charge >= 0.3 is 0 Å². The maximum atomic E-state index is 8.34. The SMILES string of the molecule is CCCOc1ccc2cccc(CCN=[N+]=[N-])c2c1. The Morgan fingerprint density at radius 2 is 2.16 bits per heavy atom. The van der Waals surface area contributed by atoms with Crippen LogP contribution in [0.15, 0.2) is 41.5 Å². The van der Waals surface area contributed by atoms with Crippen molar-refractivity contribution in [2.75, 3.05) is 13.2 Å². The van der Waals surface area contributed by atoms with Crippen LogP contribution in [0.4, 0.5) is 0 Å². The first-order chi connectivity index (χ1) is 9.35. The lowest BCUT2D eigenvalue weighted by Gasteiger charge is -2.09. The quantitative estimate of drug-likeness (QED) is 0.426. The Kier molecular flexibility index (Phi) is 4.65. The molecule has 2 rings (SSSR count). The van der Waals surface area contributed by atoms with Crippen molar-refractivity contribution >= 4 is 10.8 Å². The zero-order chi connectivity index (χ0) is 13.5. The largest absolute Gasteiger partial charge is 0.494 e. The van der Waals surface area contributed by atoms with E-state index in [1.54, 1.807) is 0 Å². The zero-order valence-corrected chi connectivity index (χ0v) is 11.0. The van der Waals surface area contributed by atoms with Crippen LogP contribution in [0, 0.1) is 0 Å². The summed E-state index contributed by atoms with van der Waals surface area (Å²) in [5.41, 5.74) is 9.52. The molecule has 4 nitrogen and oxygen atoms in total. The maximum Gasteiger partial charge on any atom is 0.119 e. The van der Waals surface area contributed by atoms with Gasteiger partial charge in [0, 0.05) is 11.5 Å². The second-order valence-electron chi connectivity index (χ2n) is 4.35. The van der Waals surface area contributed by atoms with Gasteiger partial charge in [-0.1, -0.05) is 36.3 Å². The molecule has 0 radical (unpaired) electrons. The number of ether oxygens (including phenoxy) is 1. The fourth-order valence-electron chi connectivity index (χ4n) is 2.06. The van der Waals surface area contributed by atoms with Crippen molar-refractivity contribution in [2.24, 2.45) is 5.11 Å². The molecule has 19 heavy (non-hydrogen) atoms. The molecule has 0 heterocycles. The molecule has 0 spiro atoms. The Hall–Kier alpha value is -2.19. The van der Waals surface area contributed by atoms with Gasteiger partial charge in [-0.3, -0.25) is 0 Å². The van der Waals surface area contributed by atoms with Crippen LogP contribution in [-0.2, 0) is 6.42 Å². The van der Waals surface area contributed by atoms with Gasteiger partial charge < -0.3 is 4.74 Å². The molecule has 0 atom stereocenters. The van der Waals surface area contributed by atoms with E-state index in [4.69, 9.17) is 10.3 Å². The van der Waals surface area contributed by atoms with Gasteiger partial charge in [-0.25, -0.2) is 0 Å². The summed E-state index contributed by atoms with van der Waals surface area (Å²) in [6, 6.07) is 12.3. The zero-order valence-electron chi connectivity index (χ0n) is 11.0. The van der Waals surface area contributed by atoms with Crippen molar-refractivity contribution in [3.05, 3.63) is 52.4 Å². The highest BCUT2D eigenvalue weighted by Crippen LogP contribution is 2.24. The summed E-state index contributed by atoms with van der Waals surface area (Å²) in [5, 5.41) is 5.95. The number of fused-ring (bicyclic) bond motifs is 1. The lowest BCUT2D eigenvalue weighted by atomic mass is 10.0. The lowest BCUT2D eigenvalue weighted by Crippen LogP contribution is -1.96. The van der Waals surface area contributed by atoms with Crippen LogP contribution >= 0.6 is 0 Å². The van der Waals surface area contributed by atoms with Crippen LogP contribution in [0.2, 0.25) is 0 Å². The highest BCUT2D eigenvalue weighted by Gasteiger charge is 2.02. The van der Waals surface area contributed by atoms with Gasteiger partial charge in [-0.05, 0) is 46.8 Å². The van der Waals surface area contributed by atoms with E-state index in [0.717, 1.165) is 25.2 Å². The van der Waals surface area contributed by atoms with E-state index in [0.29, 0.717) is 6.54 Å². The first-order valence-electron chi connectivity index (χ1n) is 6.50. The molecule has 0 bridgehead atoms. The average Bonchev–Trinajstić information content (AvgIpc) is 2.45. The summed E-state index contributed by atoms with van der Waals surface area (Å²) < 4.78 is 5.66. The van der Waals surface area contributed by atoms with Crippen molar-refractivity contribution in [3.8, 4) is 5.75 Å². The van der Waals surface area contributed by atoms with Crippen LogP contribution in [0.3, 0.4) is 0 Å². The van der Waals surface area contributed by atoms with Crippen molar-refractivity contribution in [3.63, 3.8) is 0 Å². The lowest BCUT2D eigenvalue weighted by molar-refractivity contribution is 0.318. The van der Waals surface area contributed by atoms with E-state index < -0.39 is 0 Å². The van der Waals surface area contributed by atoms with Crippen molar-refractivity contribution < 1.29 is 4.74 Å². The van der Waals surface area contributed by atoms with Crippen LogP contribution < -0.4 is 4.74 Å². The van der Waals surface area contributed by atoms with Crippen molar-refractivity contribution in [2.45, 2.75) is 19.8 Å². The Labute approximate surface area is 112 Å². The van der Waals surface area contributed by atoms with E-state index in [1.165, 1.54) is 16.3 Å². The summed E-state index contributed by atoms with van der Waals surface area (Å²) in [7, 11) is 0. The molecule has 0 saturated carbocycles. The second kappa shape index (κ2) is 6.66. The van der Waals surface area contributed by atoms with E-state index in [-0.39, 0.29) is 0 Å². The standard InChI is InChI=1S/C15H17N3O/c1-2-10-19-14-7-6-12-4-3-5-13(15(12)11-14)8-9-17-18-16/h3-7,11H,2,8-10H2,1H3. The van der Waals surface area contributed by atoms with Gasteiger partial charge in [0.15, 0.2) is 0 Å². The molecule has 0 aromatic heterocycles. The van der Waals surface area contributed by atoms with E-state index in [1.807, 2.05) is 12.1 Å². The molecule has 0 amide bonds. The summed E-state index contributed by atoms with van der Waals surface area (Å²) in [5.74, 6) is 0.894. The van der Waals surface area contributed by atoms with Gasteiger partial charge in [-0.15, -0.1) is 0 Å². The molecule has 2 aromatic carbocycles. The molecule has 0 aliphatic rings. The molecule has 4 heteroatoms. The monoisotopic (exact) mass is 255 g/mol. The number of benzene rings is 2. The smallest absolute Gasteiger partial charge is 0.119 e. The van der Waals surface area contributed by atoms with Crippen LogP contribution in [0.5, 0.6) is 5.75 Å². The highest BCUT2D eigenvalue weighted by molar-refractivity contribution is 5.87. The molecule has 98 valence electrons. The molecule has 0 aliphatic heterocycles. The van der Waals surface area contributed by atoms with Gasteiger partial charge in [0.1, 0.15) is 5.75 Å². The van der Waals surface area contributed by atoms with Crippen LogP contribution in [-0.4, -0.2) is 13.2 Å². The predicted octanol–water partition coefficient (Wildman–Crippen LogP) is 4.48. The minimum atomic E-state index is 0.482. The Morgan fingerprint density at radius 1 is 1.26 bits per heavy atom. The fraction of sp³-hybridized carbons (Fsp3) is 0.333. The van der Waals surface area contributed by atoms with E-state index in [2.05, 4.69) is 41.2 Å². The Bertz CT molecular complexity index is 603. The fourth-order valence-corrected chi connectivity index (χ4v) is 2.06. The molecular formula is C15H17N3O. The minimum absolute atomic E-state index is 0.482. The van der Waals surface area contributed by atoms with E-state index in [9.17, 15) is 0 Å².